The Kier molecular flexibility index (Phi) is 4.15. The van der Waals surface area contributed by atoms with Gasteiger partial charge in [-0.25, -0.2) is 9.97 Å². The van der Waals surface area contributed by atoms with Crippen LogP contribution in [0.1, 0.15) is 5.56 Å². The maximum absolute atomic E-state index is 12.5. The van der Waals surface area contributed by atoms with Gasteiger partial charge in [-0.3, -0.25) is 14.2 Å². The number of methoxy groups -OCH3 is 1. The van der Waals surface area contributed by atoms with Gasteiger partial charge in [-0.2, -0.15) is 0 Å². The number of hydrogen-bond acceptors (Lipinski definition) is 6. The van der Waals surface area contributed by atoms with Crippen LogP contribution in [0.5, 0.6) is 5.75 Å². The van der Waals surface area contributed by atoms with E-state index in [0.29, 0.717) is 10.8 Å². The number of hydrogen-bond donors (Lipinski definition) is 1. The number of imidazole rings is 1. The molecule has 4 aromatic rings. The zero-order chi connectivity index (χ0) is 19.1. The summed E-state index contributed by atoms with van der Waals surface area (Å²) in [5, 5.41) is 3.35. The van der Waals surface area contributed by atoms with Gasteiger partial charge in [-0.1, -0.05) is 11.3 Å². The molecule has 0 atom stereocenters. The molecule has 3 heterocycles. The van der Waals surface area contributed by atoms with Crippen LogP contribution in [-0.4, -0.2) is 32.1 Å². The van der Waals surface area contributed by atoms with Crippen molar-refractivity contribution in [2.75, 3.05) is 12.4 Å². The lowest BCUT2D eigenvalue weighted by molar-refractivity contribution is -0.116. The zero-order valence-corrected chi connectivity index (χ0v) is 15.8. The number of carbonyl (C=O) groups is 1. The Bertz CT molecular complexity index is 1240. The highest BCUT2D eigenvalue weighted by Crippen LogP contribution is 2.29. The fourth-order valence-electron chi connectivity index (χ4n) is 2.99. The molecule has 0 aliphatic heterocycles. The van der Waals surface area contributed by atoms with Gasteiger partial charge in [0.25, 0.3) is 5.56 Å². The summed E-state index contributed by atoms with van der Waals surface area (Å²) >= 11 is 1.39. The molecule has 0 bridgehead atoms. The second kappa shape index (κ2) is 6.51. The maximum atomic E-state index is 12.5. The SMILES string of the molecule is COc1ccc2nc(NC(=O)Cn3cnc4c3c(C)cc(=O)n4C)sc2c1. The van der Waals surface area contributed by atoms with E-state index < -0.39 is 0 Å². The third kappa shape index (κ3) is 3.06. The summed E-state index contributed by atoms with van der Waals surface area (Å²) in [6.07, 6.45) is 1.57. The van der Waals surface area contributed by atoms with Crippen molar-refractivity contribution in [3.05, 3.63) is 46.5 Å². The summed E-state index contributed by atoms with van der Waals surface area (Å²) in [6, 6.07) is 7.11. The van der Waals surface area contributed by atoms with E-state index in [0.717, 1.165) is 27.0 Å². The highest BCUT2D eigenvalue weighted by molar-refractivity contribution is 7.22. The number of aryl methyl sites for hydroxylation is 2. The van der Waals surface area contributed by atoms with Gasteiger partial charge < -0.3 is 14.6 Å². The number of benzene rings is 1. The first kappa shape index (κ1) is 17.2. The number of rotatable bonds is 4. The maximum Gasteiger partial charge on any atom is 0.252 e. The zero-order valence-electron chi connectivity index (χ0n) is 15.0. The van der Waals surface area contributed by atoms with Crippen LogP contribution in [0.2, 0.25) is 0 Å². The number of fused-ring (bicyclic) bond motifs is 2. The van der Waals surface area contributed by atoms with Crippen molar-refractivity contribution in [2.45, 2.75) is 13.5 Å². The summed E-state index contributed by atoms with van der Waals surface area (Å²) in [7, 11) is 3.27. The Morgan fingerprint density at radius 3 is 2.93 bits per heavy atom. The monoisotopic (exact) mass is 383 g/mol. The fourth-order valence-corrected chi connectivity index (χ4v) is 3.90. The van der Waals surface area contributed by atoms with Crippen LogP contribution in [0.25, 0.3) is 21.4 Å². The lowest BCUT2D eigenvalue weighted by atomic mass is 10.2. The smallest absolute Gasteiger partial charge is 0.252 e. The van der Waals surface area contributed by atoms with E-state index in [9.17, 15) is 9.59 Å². The second-order valence-electron chi connectivity index (χ2n) is 6.17. The van der Waals surface area contributed by atoms with E-state index in [-0.39, 0.29) is 18.0 Å². The van der Waals surface area contributed by atoms with Gasteiger partial charge in [0.1, 0.15) is 12.3 Å². The summed E-state index contributed by atoms with van der Waals surface area (Å²) < 4.78 is 9.35. The van der Waals surface area contributed by atoms with Gasteiger partial charge in [0.15, 0.2) is 10.8 Å². The molecule has 0 unspecified atom stereocenters. The quantitative estimate of drug-likeness (QED) is 0.584. The molecule has 1 amide bonds. The van der Waals surface area contributed by atoms with Crippen molar-refractivity contribution in [1.29, 1.82) is 0 Å². The summed E-state index contributed by atoms with van der Waals surface area (Å²) in [4.78, 5) is 33.1. The number of anilines is 1. The second-order valence-corrected chi connectivity index (χ2v) is 7.20. The molecule has 0 fully saturated rings. The molecule has 0 radical (unpaired) electrons. The van der Waals surface area contributed by atoms with Crippen molar-refractivity contribution in [3.8, 4) is 5.75 Å². The third-order valence-corrected chi connectivity index (χ3v) is 5.27. The Balaban J connectivity index is 1.59. The van der Waals surface area contributed by atoms with Crippen molar-refractivity contribution in [3.63, 3.8) is 0 Å². The highest BCUT2D eigenvalue weighted by atomic mass is 32.1. The molecule has 3 aromatic heterocycles. The van der Waals surface area contributed by atoms with E-state index in [1.807, 2.05) is 25.1 Å². The Hall–Kier alpha value is -3.20. The number of amides is 1. The topological polar surface area (TPSA) is 91.0 Å². The van der Waals surface area contributed by atoms with Crippen LogP contribution in [0.4, 0.5) is 5.13 Å². The van der Waals surface area contributed by atoms with Crippen molar-refractivity contribution in [1.82, 2.24) is 19.1 Å². The number of thiazole rings is 1. The molecule has 0 aliphatic rings. The van der Waals surface area contributed by atoms with Crippen molar-refractivity contribution < 1.29 is 9.53 Å². The minimum atomic E-state index is -0.214. The molecular formula is C18H17N5O3S. The summed E-state index contributed by atoms with van der Waals surface area (Å²) in [5.74, 6) is 0.531. The minimum absolute atomic E-state index is 0.0782. The molecule has 4 rings (SSSR count). The number of pyridine rings is 1. The minimum Gasteiger partial charge on any atom is -0.497 e. The number of carbonyl (C=O) groups excluding carboxylic acids is 1. The largest absolute Gasteiger partial charge is 0.497 e. The van der Waals surface area contributed by atoms with Crippen LogP contribution >= 0.6 is 11.3 Å². The molecule has 27 heavy (non-hydrogen) atoms. The van der Waals surface area contributed by atoms with E-state index in [1.54, 1.807) is 31.1 Å². The molecule has 1 N–H and O–H groups in total. The molecule has 1 aromatic carbocycles. The number of nitrogens with one attached hydrogen (secondary N) is 1. The standard InChI is InChI=1S/C18H17N5O3S/c1-10-6-15(25)22(2)17-16(10)23(9-19-17)8-14(24)21-18-20-12-5-4-11(26-3)7-13(12)27-18/h4-7,9H,8H2,1-3H3,(H,20,21,24). The predicted octanol–water partition coefficient (Wildman–Crippen LogP) is 2.30. The van der Waals surface area contributed by atoms with Crippen molar-refractivity contribution in [2.24, 2.45) is 7.05 Å². The highest BCUT2D eigenvalue weighted by Gasteiger charge is 2.14. The van der Waals surface area contributed by atoms with Crippen LogP contribution in [0.15, 0.2) is 35.4 Å². The predicted molar refractivity (Wildman–Crippen MR) is 105 cm³/mol. The Morgan fingerprint density at radius 1 is 1.33 bits per heavy atom. The first-order chi connectivity index (χ1) is 13.0. The molecule has 9 heteroatoms. The van der Waals surface area contributed by atoms with E-state index >= 15 is 0 Å². The van der Waals surface area contributed by atoms with Gasteiger partial charge in [0.2, 0.25) is 5.91 Å². The normalized spacial score (nSPS) is 11.2. The van der Waals surface area contributed by atoms with Crippen LogP contribution in [-0.2, 0) is 18.4 Å². The first-order valence-corrected chi connectivity index (χ1v) is 9.04. The number of nitrogens with zero attached hydrogens (tertiary/aromatic N) is 4. The van der Waals surface area contributed by atoms with E-state index in [4.69, 9.17) is 4.74 Å². The van der Waals surface area contributed by atoms with Gasteiger partial charge in [0, 0.05) is 13.1 Å². The van der Waals surface area contributed by atoms with Crippen LogP contribution < -0.4 is 15.6 Å². The van der Waals surface area contributed by atoms with Crippen LogP contribution in [0, 0.1) is 6.92 Å². The Labute approximate surface area is 158 Å². The number of aromatic nitrogens is 4. The summed E-state index contributed by atoms with van der Waals surface area (Å²) in [5.41, 5.74) is 2.78. The summed E-state index contributed by atoms with van der Waals surface area (Å²) in [6.45, 7) is 1.91. The average Bonchev–Trinajstić information content (AvgIpc) is 3.22. The van der Waals surface area contributed by atoms with Crippen LogP contribution in [0.3, 0.4) is 0 Å². The molecule has 8 nitrogen and oxygen atoms in total. The van der Waals surface area contributed by atoms with E-state index in [1.165, 1.54) is 15.9 Å². The molecule has 0 spiro atoms. The fraction of sp³-hybridized carbons (Fsp3) is 0.222. The third-order valence-electron chi connectivity index (χ3n) is 4.34. The molecule has 138 valence electrons. The number of ether oxygens (including phenoxy) is 1. The Morgan fingerprint density at radius 2 is 2.15 bits per heavy atom. The van der Waals surface area contributed by atoms with Gasteiger partial charge >= 0.3 is 0 Å². The van der Waals surface area contributed by atoms with Gasteiger partial charge in [-0.15, -0.1) is 0 Å². The molecule has 0 saturated carbocycles. The van der Waals surface area contributed by atoms with Gasteiger partial charge in [0.05, 0.1) is 29.2 Å². The lowest BCUT2D eigenvalue weighted by Crippen LogP contribution is -2.20. The molecule has 0 saturated heterocycles. The first-order valence-electron chi connectivity index (χ1n) is 8.22. The molecular weight excluding hydrogens is 366 g/mol. The lowest BCUT2D eigenvalue weighted by Gasteiger charge is -2.07. The van der Waals surface area contributed by atoms with Gasteiger partial charge in [-0.05, 0) is 30.7 Å². The molecule has 0 aliphatic carbocycles. The van der Waals surface area contributed by atoms with Crippen molar-refractivity contribution >= 4 is 43.8 Å². The average molecular weight is 383 g/mol. The van der Waals surface area contributed by atoms with E-state index in [2.05, 4.69) is 15.3 Å².